The Morgan fingerprint density at radius 3 is 2.27 bits per heavy atom. The standard InChI is InChI=1S/C14H23N3O4S/c1-4-15-10-12(9-13(15)14(18)19)22(20,21)17-7-5-16(6-8-17)11(2)3/h9-11H,4-8H2,1-3H3,(H,18,19). The van der Waals surface area contributed by atoms with E-state index in [9.17, 15) is 13.2 Å². The number of aromatic carboxylic acids is 1. The molecule has 1 aromatic heterocycles. The number of rotatable bonds is 5. The van der Waals surface area contributed by atoms with Crippen LogP contribution in [0.25, 0.3) is 0 Å². The maximum absolute atomic E-state index is 12.7. The summed E-state index contributed by atoms with van der Waals surface area (Å²) < 4.78 is 28.2. The minimum Gasteiger partial charge on any atom is -0.477 e. The summed E-state index contributed by atoms with van der Waals surface area (Å²) in [5, 5.41) is 9.15. The molecule has 0 unspecified atom stereocenters. The quantitative estimate of drug-likeness (QED) is 0.868. The molecule has 0 radical (unpaired) electrons. The van der Waals surface area contributed by atoms with Crippen molar-refractivity contribution in [1.29, 1.82) is 0 Å². The Bertz CT molecular complexity index is 643. The maximum Gasteiger partial charge on any atom is 0.352 e. The number of carboxylic acid groups (broad SMARTS) is 1. The SMILES string of the molecule is CCn1cc(S(=O)(=O)N2CCN(C(C)C)CC2)cc1C(=O)O. The maximum atomic E-state index is 12.7. The molecule has 0 atom stereocenters. The van der Waals surface area contributed by atoms with Gasteiger partial charge in [-0.1, -0.05) is 0 Å². The van der Waals surface area contributed by atoms with E-state index >= 15 is 0 Å². The minimum atomic E-state index is -3.63. The minimum absolute atomic E-state index is 0.00175. The van der Waals surface area contributed by atoms with Gasteiger partial charge in [-0.3, -0.25) is 4.90 Å². The van der Waals surface area contributed by atoms with Gasteiger partial charge in [-0.05, 0) is 26.8 Å². The number of hydrogen-bond donors (Lipinski definition) is 1. The fraction of sp³-hybridized carbons (Fsp3) is 0.643. The number of carboxylic acids is 1. The van der Waals surface area contributed by atoms with Gasteiger partial charge in [0, 0.05) is 45.0 Å². The number of aryl methyl sites for hydroxylation is 1. The van der Waals surface area contributed by atoms with E-state index in [1.807, 2.05) is 0 Å². The second-order valence-electron chi connectivity index (χ2n) is 5.69. The van der Waals surface area contributed by atoms with Crippen LogP contribution in [0.15, 0.2) is 17.2 Å². The van der Waals surface area contributed by atoms with Gasteiger partial charge in [-0.15, -0.1) is 0 Å². The van der Waals surface area contributed by atoms with E-state index in [-0.39, 0.29) is 10.6 Å². The molecule has 1 aliphatic rings. The predicted octanol–water partition coefficient (Wildman–Crippen LogP) is 0.921. The Kier molecular flexibility index (Phi) is 4.93. The van der Waals surface area contributed by atoms with Crippen LogP contribution in [0.5, 0.6) is 0 Å². The molecule has 124 valence electrons. The lowest BCUT2D eigenvalue weighted by Gasteiger charge is -2.36. The fourth-order valence-electron chi connectivity index (χ4n) is 2.67. The van der Waals surface area contributed by atoms with E-state index in [4.69, 9.17) is 5.11 Å². The first-order valence-corrected chi connectivity index (χ1v) is 8.89. The van der Waals surface area contributed by atoms with E-state index in [1.165, 1.54) is 21.1 Å². The average Bonchev–Trinajstić information content (AvgIpc) is 2.92. The molecule has 1 aromatic rings. The van der Waals surface area contributed by atoms with E-state index in [2.05, 4.69) is 18.7 Å². The zero-order valence-electron chi connectivity index (χ0n) is 13.2. The van der Waals surface area contributed by atoms with Crippen LogP contribution in [0.1, 0.15) is 31.3 Å². The first-order chi connectivity index (χ1) is 10.3. The molecule has 7 nitrogen and oxygen atoms in total. The Labute approximate surface area is 131 Å². The third-order valence-electron chi connectivity index (χ3n) is 4.07. The second-order valence-corrected chi connectivity index (χ2v) is 7.62. The van der Waals surface area contributed by atoms with Gasteiger partial charge in [0.1, 0.15) is 10.6 Å². The smallest absolute Gasteiger partial charge is 0.352 e. The van der Waals surface area contributed by atoms with Gasteiger partial charge in [0.2, 0.25) is 10.0 Å². The molecule has 0 amide bonds. The van der Waals surface area contributed by atoms with Crippen molar-refractivity contribution >= 4 is 16.0 Å². The summed E-state index contributed by atoms with van der Waals surface area (Å²) in [6, 6.07) is 1.64. The monoisotopic (exact) mass is 329 g/mol. The van der Waals surface area contributed by atoms with Crippen molar-refractivity contribution in [2.45, 2.75) is 38.3 Å². The molecule has 1 saturated heterocycles. The van der Waals surface area contributed by atoms with Gasteiger partial charge >= 0.3 is 5.97 Å². The Morgan fingerprint density at radius 1 is 1.27 bits per heavy atom. The third-order valence-corrected chi connectivity index (χ3v) is 5.94. The summed E-state index contributed by atoms with van der Waals surface area (Å²) in [5.74, 6) is -1.12. The normalized spacial score (nSPS) is 18.0. The van der Waals surface area contributed by atoms with E-state index in [0.29, 0.717) is 38.8 Å². The summed E-state index contributed by atoms with van der Waals surface area (Å²) >= 11 is 0. The van der Waals surface area contributed by atoms with Gasteiger partial charge in [0.25, 0.3) is 0 Å². The van der Waals surface area contributed by atoms with Crippen LogP contribution in [0.2, 0.25) is 0 Å². The molecule has 0 saturated carbocycles. The van der Waals surface area contributed by atoms with Crippen LogP contribution < -0.4 is 0 Å². The molecule has 0 bridgehead atoms. The first-order valence-electron chi connectivity index (χ1n) is 7.45. The van der Waals surface area contributed by atoms with Crippen LogP contribution in [0.4, 0.5) is 0 Å². The Morgan fingerprint density at radius 2 is 1.86 bits per heavy atom. The van der Waals surface area contributed by atoms with Gasteiger partial charge in [0.05, 0.1) is 0 Å². The highest BCUT2D eigenvalue weighted by molar-refractivity contribution is 7.89. The van der Waals surface area contributed by atoms with Crippen LogP contribution in [-0.2, 0) is 16.6 Å². The number of piperazine rings is 1. The molecule has 8 heteroatoms. The second kappa shape index (κ2) is 6.39. The highest BCUT2D eigenvalue weighted by atomic mass is 32.2. The van der Waals surface area contributed by atoms with E-state index in [1.54, 1.807) is 6.92 Å². The van der Waals surface area contributed by atoms with Crippen molar-refractivity contribution in [2.24, 2.45) is 0 Å². The summed E-state index contributed by atoms with van der Waals surface area (Å²) in [6.45, 7) is 8.62. The summed E-state index contributed by atoms with van der Waals surface area (Å²) in [5.41, 5.74) is 0.00175. The zero-order valence-corrected chi connectivity index (χ0v) is 14.0. The lowest BCUT2D eigenvalue weighted by Crippen LogP contribution is -2.50. The van der Waals surface area contributed by atoms with Crippen molar-refractivity contribution < 1.29 is 18.3 Å². The predicted molar refractivity (Wildman–Crippen MR) is 82.5 cm³/mol. The largest absolute Gasteiger partial charge is 0.477 e. The van der Waals surface area contributed by atoms with Gasteiger partial charge < -0.3 is 9.67 Å². The fourth-order valence-corrected chi connectivity index (χ4v) is 4.14. The lowest BCUT2D eigenvalue weighted by molar-refractivity contribution is 0.0685. The molecule has 2 rings (SSSR count). The van der Waals surface area contributed by atoms with Gasteiger partial charge in [-0.2, -0.15) is 4.31 Å². The number of sulfonamides is 1. The molecular formula is C14H23N3O4S. The molecule has 1 fully saturated rings. The highest BCUT2D eigenvalue weighted by Gasteiger charge is 2.31. The molecule has 0 aliphatic carbocycles. The average molecular weight is 329 g/mol. The van der Waals surface area contributed by atoms with Crippen molar-refractivity contribution in [2.75, 3.05) is 26.2 Å². The Balaban J connectivity index is 2.23. The molecule has 0 aromatic carbocycles. The number of aromatic nitrogens is 1. The van der Waals surface area contributed by atoms with Crippen molar-refractivity contribution in [1.82, 2.24) is 13.8 Å². The van der Waals surface area contributed by atoms with Crippen molar-refractivity contribution in [3.63, 3.8) is 0 Å². The lowest BCUT2D eigenvalue weighted by atomic mass is 10.3. The number of carbonyl (C=O) groups is 1. The summed E-state index contributed by atoms with van der Waals surface area (Å²) in [6.07, 6.45) is 1.41. The summed E-state index contributed by atoms with van der Waals surface area (Å²) in [4.78, 5) is 13.5. The molecule has 1 N–H and O–H groups in total. The van der Waals surface area contributed by atoms with E-state index < -0.39 is 16.0 Å². The number of hydrogen-bond acceptors (Lipinski definition) is 4. The number of nitrogens with zero attached hydrogens (tertiary/aromatic N) is 3. The third kappa shape index (κ3) is 3.18. The van der Waals surface area contributed by atoms with Crippen LogP contribution >= 0.6 is 0 Å². The van der Waals surface area contributed by atoms with Crippen molar-refractivity contribution in [3.05, 3.63) is 18.0 Å². The topological polar surface area (TPSA) is 82.9 Å². The van der Waals surface area contributed by atoms with Crippen LogP contribution in [-0.4, -0.2) is 65.5 Å². The molecular weight excluding hydrogens is 306 g/mol. The van der Waals surface area contributed by atoms with Crippen LogP contribution in [0.3, 0.4) is 0 Å². The summed E-state index contributed by atoms with van der Waals surface area (Å²) in [7, 11) is -3.63. The van der Waals surface area contributed by atoms with Crippen molar-refractivity contribution in [3.8, 4) is 0 Å². The van der Waals surface area contributed by atoms with E-state index in [0.717, 1.165) is 0 Å². The van der Waals surface area contributed by atoms with Gasteiger partial charge in [-0.25, -0.2) is 13.2 Å². The first kappa shape index (κ1) is 17.0. The van der Waals surface area contributed by atoms with Gasteiger partial charge in [0.15, 0.2) is 0 Å². The molecule has 22 heavy (non-hydrogen) atoms. The molecule has 2 heterocycles. The molecule has 1 aliphatic heterocycles. The Hall–Kier alpha value is -1.38. The zero-order chi connectivity index (χ0) is 16.5. The highest BCUT2D eigenvalue weighted by Crippen LogP contribution is 2.21. The van der Waals surface area contributed by atoms with Crippen LogP contribution in [0, 0.1) is 0 Å². The molecule has 0 spiro atoms.